The fourth-order valence-electron chi connectivity index (χ4n) is 1.79. The minimum Gasteiger partial charge on any atom is -0.326 e. The second kappa shape index (κ2) is 5.65. The first kappa shape index (κ1) is 11.9. The van der Waals surface area contributed by atoms with Gasteiger partial charge in [-0.25, -0.2) is 10.3 Å². The number of hydrogen-bond donors (Lipinski definition) is 2. The summed E-state index contributed by atoms with van der Waals surface area (Å²) in [6, 6.07) is 9.56. The van der Waals surface area contributed by atoms with E-state index >= 15 is 0 Å². The molecule has 17 heavy (non-hydrogen) atoms. The maximum atomic E-state index is 11.6. The van der Waals surface area contributed by atoms with Gasteiger partial charge in [-0.05, 0) is 12.0 Å². The molecule has 1 heterocycles. The predicted molar refractivity (Wildman–Crippen MR) is 63.9 cm³/mol. The molecular weight excluding hydrogens is 218 g/mol. The average molecular weight is 235 g/mol. The quantitative estimate of drug-likeness (QED) is 0.764. The minimum atomic E-state index is -0.214. The van der Waals surface area contributed by atoms with Crippen LogP contribution in [0.3, 0.4) is 0 Å². The van der Waals surface area contributed by atoms with Gasteiger partial charge in [0, 0.05) is 19.1 Å². The van der Waals surface area contributed by atoms with Crippen molar-refractivity contribution in [1.82, 2.24) is 10.4 Å². The van der Waals surface area contributed by atoms with Crippen molar-refractivity contribution in [3.63, 3.8) is 0 Å². The molecule has 1 aromatic rings. The Balaban J connectivity index is 1.70. The van der Waals surface area contributed by atoms with Gasteiger partial charge in [-0.3, -0.25) is 4.84 Å². The molecule has 2 rings (SSSR count). The number of nitrogens with one attached hydrogen (secondary N) is 1. The molecule has 5 heteroatoms. The highest BCUT2D eigenvalue weighted by Crippen LogP contribution is 2.06. The maximum absolute atomic E-state index is 11.6. The number of hydrogen-bond acceptors (Lipinski definition) is 3. The lowest BCUT2D eigenvalue weighted by Crippen LogP contribution is -2.39. The van der Waals surface area contributed by atoms with E-state index < -0.39 is 0 Å². The number of benzene rings is 1. The van der Waals surface area contributed by atoms with Crippen molar-refractivity contribution in [2.45, 2.75) is 19.1 Å². The van der Waals surface area contributed by atoms with Gasteiger partial charge < -0.3 is 10.6 Å². The van der Waals surface area contributed by atoms with Gasteiger partial charge in [0.05, 0.1) is 6.61 Å². The second-order valence-electron chi connectivity index (χ2n) is 4.18. The van der Waals surface area contributed by atoms with E-state index in [1.54, 1.807) is 4.90 Å². The number of nitrogens with zero attached hydrogens (tertiary/aromatic N) is 1. The molecule has 1 aliphatic heterocycles. The predicted octanol–water partition coefficient (Wildman–Crippen LogP) is 0.861. The van der Waals surface area contributed by atoms with Crippen LogP contribution in [0.4, 0.5) is 4.79 Å². The van der Waals surface area contributed by atoms with E-state index in [0.29, 0.717) is 19.7 Å². The summed E-state index contributed by atoms with van der Waals surface area (Å²) in [6.45, 7) is 1.66. The van der Waals surface area contributed by atoms with Crippen LogP contribution in [0.5, 0.6) is 0 Å². The fraction of sp³-hybridized carbons (Fsp3) is 0.417. The first-order chi connectivity index (χ1) is 8.25. The van der Waals surface area contributed by atoms with Crippen molar-refractivity contribution in [3.8, 4) is 0 Å². The van der Waals surface area contributed by atoms with Gasteiger partial charge in [0.25, 0.3) is 0 Å². The number of likely N-dealkylation sites (tertiary alicyclic amines) is 1. The molecule has 0 saturated carbocycles. The van der Waals surface area contributed by atoms with E-state index in [0.717, 1.165) is 12.0 Å². The molecule has 2 amide bonds. The average Bonchev–Trinajstić information content (AvgIpc) is 2.77. The SMILES string of the molecule is NC1CCN(C(=O)NOCc2ccccc2)C1. The first-order valence-electron chi connectivity index (χ1n) is 5.72. The van der Waals surface area contributed by atoms with Crippen LogP contribution in [0.15, 0.2) is 30.3 Å². The maximum Gasteiger partial charge on any atom is 0.341 e. The van der Waals surface area contributed by atoms with Crippen molar-refractivity contribution in [2.24, 2.45) is 5.73 Å². The summed E-state index contributed by atoms with van der Waals surface area (Å²) < 4.78 is 0. The number of hydroxylamine groups is 1. The Kier molecular flexibility index (Phi) is 3.95. The molecule has 0 radical (unpaired) electrons. The van der Waals surface area contributed by atoms with E-state index in [1.807, 2.05) is 30.3 Å². The van der Waals surface area contributed by atoms with Gasteiger partial charge in [0.15, 0.2) is 0 Å². The van der Waals surface area contributed by atoms with Gasteiger partial charge in [0.1, 0.15) is 0 Å². The Morgan fingerprint density at radius 3 is 2.88 bits per heavy atom. The lowest BCUT2D eigenvalue weighted by atomic mass is 10.2. The van der Waals surface area contributed by atoms with Gasteiger partial charge >= 0.3 is 6.03 Å². The molecule has 0 aromatic heterocycles. The number of carbonyl (C=O) groups is 1. The Morgan fingerprint density at radius 1 is 1.47 bits per heavy atom. The smallest absolute Gasteiger partial charge is 0.326 e. The lowest BCUT2D eigenvalue weighted by Gasteiger charge is -2.16. The normalized spacial score (nSPS) is 19.4. The minimum absolute atomic E-state index is 0.0925. The van der Waals surface area contributed by atoms with Gasteiger partial charge in [-0.2, -0.15) is 0 Å². The Bertz CT molecular complexity index is 369. The van der Waals surface area contributed by atoms with Gasteiger partial charge in [-0.15, -0.1) is 0 Å². The molecular formula is C12H17N3O2. The summed E-state index contributed by atoms with van der Waals surface area (Å²) in [6.07, 6.45) is 0.853. The third-order valence-corrected chi connectivity index (χ3v) is 2.75. The van der Waals surface area contributed by atoms with Crippen LogP contribution in [0, 0.1) is 0 Å². The van der Waals surface area contributed by atoms with E-state index in [9.17, 15) is 4.79 Å². The molecule has 5 nitrogen and oxygen atoms in total. The molecule has 1 aliphatic rings. The molecule has 3 N–H and O–H groups in total. The Labute approximate surface area is 100 Å². The highest BCUT2D eigenvalue weighted by molar-refractivity contribution is 5.73. The van der Waals surface area contributed by atoms with Crippen LogP contribution in [-0.2, 0) is 11.4 Å². The van der Waals surface area contributed by atoms with E-state index in [2.05, 4.69) is 5.48 Å². The van der Waals surface area contributed by atoms with Crippen molar-refractivity contribution < 1.29 is 9.63 Å². The molecule has 0 spiro atoms. The first-order valence-corrected chi connectivity index (χ1v) is 5.72. The summed E-state index contributed by atoms with van der Waals surface area (Å²) >= 11 is 0. The number of rotatable bonds is 3. The van der Waals surface area contributed by atoms with E-state index in [1.165, 1.54) is 0 Å². The van der Waals surface area contributed by atoms with Crippen LogP contribution < -0.4 is 11.2 Å². The van der Waals surface area contributed by atoms with Gasteiger partial charge in [-0.1, -0.05) is 30.3 Å². The molecule has 1 aromatic carbocycles. The van der Waals surface area contributed by atoms with Crippen molar-refractivity contribution in [3.05, 3.63) is 35.9 Å². The molecule has 1 unspecified atom stereocenters. The zero-order valence-corrected chi connectivity index (χ0v) is 9.63. The van der Waals surface area contributed by atoms with E-state index in [-0.39, 0.29) is 12.1 Å². The van der Waals surface area contributed by atoms with Crippen LogP contribution in [-0.4, -0.2) is 30.1 Å². The third-order valence-electron chi connectivity index (χ3n) is 2.75. The summed E-state index contributed by atoms with van der Waals surface area (Å²) in [4.78, 5) is 18.4. The second-order valence-corrected chi connectivity index (χ2v) is 4.18. The molecule has 0 aliphatic carbocycles. The Morgan fingerprint density at radius 2 is 2.24 bits per heavy atom. The number of amides is 2. The number of urea groups is 1. The largest absolute Gasteiger partial charge is 0.341 e. The summed E-state index contributed by atoms with van der Waals surface area (Å²) in [5.74, 6) is 0. The monoisotopic (exact) mass is 235 g/mol. The molecule has 92 valence electrons. The zero-order chi connectivity index (χ0) is 12.1. The number of nitrogens with two attached hydrogens (primary N) is 1. The summed E-state index contributed by atoms with van der Waals surface area (Å²) in [7, 11) is 0. The summed E-state index contributed by atoms with van der Waals surface area (Å²) in [5, 5.41) is 0. The molecule has 1 atom stereocenters. The van der Waals surface area contributed by atoms with Crippen LogP contribution in [0.25, 0.3) is 0 Å². The van der Waals surface area contributed by atoms with Crippen LogP contribution in [0.1, 0.15) is 12.0 Å². The zero-order valence-electron chi connectivity index (χ0n) is 9.63. The standard InChI is InChI=1S/C12H17N3O2/c13-11-6-7-15(8-11)12(16)14-17-9-10-4-2-1-3-5-10/h1-5,11H,6-9,13H2,(H,14,16). The van der Waals surface area contributed by atoms with Crippen LogP contribution in [0.2, 0.25) is 0 Å². The van der Waals surface area contributed by atoms with Crippen molar-refractivity contribution in [1.29, 1.82) is 0 Å². The number of carbonyl (C=O) groups excluding carboxylic acids is 1. The topological polar surface area (TPSA) is 67.6 Å². The van der Waals surface area contributed by atoms with Gasteiger partial charge in [0.2, 0.25) is 0 Å². The molecule has 1 fully saturated rings. The highest BCUT2D eigenvalue weighted by Gasteiger charge is 2.23. The van der Waals surface area contributed by atoms with E-state index in [4.69, 9.17) is 10.6 Å². The molecule has 0 bridgehead atoms. The molecule has 1 saturated heterocycles. The lowest BCUT2D eigenvalue weighted by molar-refractivity contribution is 0.0386. The van der Waals surface area contributed by atoms with Crippen molar-refractivity contribution in [2.75, 3.05) is 13.1 Å². The highest BCUT2D eigenvalue weighted by atomic mass is 16.7. The van der Waals surface area contributed by atoms with Crippen molar-refractivity contribution >= 4 is 6.03 Å². The third kappa shape index (κ3) is 3.44. The fourth-order valence-corrected chi connectivity index (χ4v) is 1.79. The Hall–Kier alpha value is -1.59. The van der Waals surface area contributed by atoms with Crippen LogP contribution >= 0.6 is 0 Å². The summed E-state index contributed by atoms with van der Waals surface area (Å²) in [5.41, 5.74) is 9.16.